The van der Waals surface area contributed by atoms with Gasteiger partial charge in [-0.1, -0.05) is 19.4 Å². The average molecular weight is 266 g/mol. The third kappa shape index (κ3) is 3.81. The number of nitrogens with two attached hydrogens (primary N) is 1. The van der Waals surface area contributed by atoms with Crippen LogP contribution in [0.3, 0.4) is 0 Å². The van der Waals surface area contributed by atoms with Crippen molar-refractivity contribution in [3.8, 4) is 0 Å². The number of thiophene rings is 1. The van der Waals surface area contributed by atoms with Crippen molar-refractivity contribution in [3.05, 3.63) is 22.4 Å². The van der Waals surface area contributed by atoms with Gasteiger partial charge in [-0.3, -0.25) is 0 Å². The molecular formula is C15H26N2S. The summed E-state index contributed by atoms with van der Waals surface area (Å²) >= 11 is 1.85. The Labute approximate surface area is 115 Å². The summed E-state index contributed by atoms with van der Waals surface area (Å²) < 4.78 is 0. The van der Waals surface area contributed by atoms with Gasteiger partial charge in [0.05, 0.1) is 0 Å². The van der Waals surface area contributed by atoms with Gasteiger partial charge < -0.3 is 10.6 Å². The van der Waals surface area contributed by atoms with Crippen LogP contribution in [0.25, 0.3) is 0 Å². The fraction of sp³-hybridized carbons (Fsp3) is 0.733. The fourth-order valence-electron chi connectivity index (χ4n) is 3.10. The Morgan fingerprint density at radius 3 is 2.94 bits per heavy atom. The van der Waals surface area contributed by atoms with E-state index in [0.717, 1.165) is 19.0 Å². The molecule has 0 radical (unpaired) electrons. The Morgan fingerprint density at radius 1 is 1.44 bits per heavy atom. The summed E-state index contributed by atoms with van der Waals surface area (Å²) in [5, 5.41) is 2.16. The Kier molecular flexibility index (Phi) is 5.22. The molecular weight excluding hydrogens is 240 g/mol. The lowest BCUT2D eigenvalue weighted by Crippen LogP contribution is -2.41. The quantitative estimate of drug-likeness (QED) is 0.885. The van der Waals surface area contributed by atoms with E-state index in [-0.39, 0.29) is 0 Å². The third-order valence-corrected chi connectivity index (χ3v) is 5.14. The molecule has 2 nitrogen and oxygen atoms in total. The predicted molar refractivity (Wildman–Crippen MR) is 79.8 cm³/mol. The van der Waals surface area contributed by atoms with Crippen LogP contribution >= 0.6 is 11.3 Å². The smallest absolute Gasteiger partial charge is 0.0324 e. The van der Waals surface area contributed by atoms with E-state index in [9.17, 15) is 0 Å². The topological polar surface area (TPSA) is 29.3 Å². The molecule has 0 aromatic carbocycles. The second-order valence-corrected chi connectivity index (χ2v) is 6.82. The Bertz CT molecular complexity index is 336. The summed E-state index contributed by atoms with van der Waals surface area (Å²) in [7, 11) is 2.22. The summed E-state index contributed by atoms with van der Waals surface area (Å²) in [5.41, 5.74) is 6.29. The molecule has 2 rings (SSSR count). The van der Waals surface area contributed by atoms with Crippen molar-refractivity contribution in [2.75, 3.05) is 13.6 Å². The zero-order valence-electron chi connectivity index (χ0n) is 11.6. The molecule has 1 aliphatic rings. The monoisotopic (exact) mass is 266 g/mol. The van der Waals surface area contributed by atoms with Gasteiger partial charge in [-0.15, -0.1) is 11.3 Å². The number of hydrogen-bond donors (Lipinski definition) is 1. The third-order valence-electron chi connectivity index (χ3n) is 4.28. The molecule has 0 spiro atoms. The van der Waals surface area contributed by atoms with Crippen LogP contribution in [0.1, 0.15) is 37.5 Å². The first kappa shape index (κ1) is 14.0. The number of hydrogen-bond acceptors (Lipinski definition) is 3. The molecule has 1 aliphatic carbocycles. The lowest BCUT2D eigenvalue weighted by atomic mass is 9.77. The second-order valence-electron chi connectivity index (χ2n) is 5.79. The summed E-state index contributed by atoms with van der Waals surface area (Å²) in [6.07, 6.45) is 5.20. The lowest BCUT2D eigenvalue weighted by Gasteiger charge is -2.36. The van der Waals surface area contributed by atoms with Crippen molar-refractivity contribution in [1.29, 1.82) is 0 Å². The molecule has 3 heteroatoms. The molecule has 0 saturated heterocycles. The van der Waals surface area contributed by atoms with Crippen LogP contribution in [0.2, 0.25) is 0 Å². The minimum Gasteiger partial charge on any atom is -0.327 e. The van der Waals surface area contributed by atoms with E-state index in [4.69, 9.17) is 5.73 Å². The van der Waals surface area contributed by atoms with Crippen LogP contribution in [0.4, 0.5) is 0 Å². The maximum Gasteiger partial charge on any atom is 0.0324 e. The van der Waals surface area contributed by atoms with Gasteiger partial charge in [-0.2, -0.15) is 0 Å². The highest BCUT2D eigenvalue weighted by atomic mass is 32.1. The molecule has 1 heterocycles. The van der Waals surface area contributed by atoms with E-state index in [2.05, 4.69) is 36.4 Å². The summed E-state index contributed by atoms with van der Waals surface area (Å²) in [5.74, 6) is 1.60. The SMILES string of the molecule is CCC1CCC(N)C(CN(C)Cc2cccs2)C1. The summed E-state index contributed by atoms with van der Waals surface area (Å²) in [6.45, 7) is 4.53. The van der Waals surface area contributed by atoms with E-state index in [1.54, 1.807) is 0 Å². The van der Waals surface area contributed by atoms with Gasteiger partial charge in [0.25, 0.3) is 0 Å². The Morgan fingerprint density at radius 2 is 2.28 bits per heavy atom. The summed E-state index contributed by atoms with van der Waals surface area (Å²) in [4.78, 5) is 3.89. The van der Waals surface area contributed by atoms with Crippen LogP contribution in [0.15, 0.2) is 17.5 Å². The molecule has 3 unspecified atom stereocenters. The van der Waals surface area contributed by atoms with Gasteiger partial charge in [0.1, 0.15) is 0 Å². The Hall–Kier alpha value is -0.380. The molecule has 0 aliphatic heterocycles. The highest BCUT2D eigenvalue weighted by Crippen LogP contribution is 2.31. The van der Waals surface area contributed by atoms with Crippen LogP contribution < -0.4 is 5.73 Å². The van der Waals surface area contributed by atoms with Gasteiger partial charge in [-0.25, -0.2) is 0 Å². The highest BCUT2D eigenvalue weighted by molar-refractivity contribution is 7.09. The Balaban J connectivity index is 1.83. The molecule has 1 saturated carbocycles. The van der Waals surface area contributed by atoms with Gasteiger partial charge in [-0.05, 0) is 49.6 Å². The second kappa shape index (κ2) is 6.69. The molecule has 1 fully saturated rings. The van der Waals surface area contributed by atoms with Crippen LogP contribution in [-0.2, 0) is 6.54 Å². The predicted octanol–water partition coefficient (Wildman–Crippen LogP) is 3.33. The number of nitrogens with zero attached hydrogens (tertiary/aromatic N) is 1. The van der Waals surface area contributed by atoms with Crippen LogP contribution in [0, 0.1) is 11.8 Å². The van der Waals surface area contributed by atoms with Crippen LogP contribution in [0.5, 0.6) is 0 Å². The number of rotatable bonds is 5. The summed E-state index contributed by atoms with van der Waals surface area (Å²) in [6, 6.07) is 4.77. The molecule has 102 valence electrons. The minimum absolute atomic E-state index is 0.415. The van der Waals surface area contributed by atoms with Crippen molar-refractivity contribution in [2.24, 2.45) is 17.6 Å². The molecule has 1 aromatic rings. The standard InChI is InChI=1S/C15H26N2S/c1-3-12-6-7-15(16)13(9-12)10-17(2)11-14-5-4-8-18-14/h4-5,8,12-13,15H,3,6-7,9-11,16H2,1-2H3. The van der Waals surface area contributed by atoms with Crippen molar-refractivity contribution in [3.63, 3.8) is 0 Å². The largest absolute Gasteiger partial charge is 0.327 e. The minimum atomic E-state index is 0.415. The van der Waals surface area contributed by atoms with Crippen LogP contribution in [-0.4, -0.2) is 24.5 Å². The zero-order chi connectivity index (χ0) is 13.0. The van der Waals surface area contributed by atoms with E-state index < -0.39 is 0 Å². The van der Waals surface area contributed by atoms with E-state index in [1.807, 2.05) is 11.3 Å². The molecule has 2 N–H and O–H groups in total. The molecule has 1 aromatic heterocycles. The first-order valence-electron chi connectivity index (χ1n) is 7.15. The van der Waals surface area contributed by atoms with E-state index in [0.29, 0.717) is 12.0 Å². The van der Waals surface area contributed by atoms with Gasteiger partial charge >= 0.3 is 0 Å². The maximum absolute atomic E-state index is 6.29. The van der Waals surface area contributed by atoms with E-state index in [1.165, 1.54) is 30.6 Å². The average Bonchev–Trinajstić information content (AvgIpc) is 2.84. The first-order valence-corrected chi connectivity index (χ1v) is 8.03. The maximum atomic E-state index is 6.29. The lowest BCUT2D eigenvalue weighted by molar-refractivity contribution is 0.169. The van der Waals surface area contributed by atoms with Gasteiger partial charge in [0.15, 0.2) is 0 Å². The van der Waals surface area contributed by atoms with Gasteiger partial charge in [0.2, 0.25) is 0 Å². The molecule has 18 heavy (non-hydrogen) atoms. The first-order chi connectivity index (χ1) is 8.69. The normalized spacial score (nSPS) is 28.8. The molecule has 0 amide bonds. The molecule has 3 atom stereocenters. The van der Waals surface area contributed by atoms with Crippen molar-refractivity contribution >= 4 is 11.3 Å². The van der Waals surface area contributed by atoms with E-state index >= 15 is 0 Å². The highest BCUT2D eigenvalue weighted by Gasteiger charge is 2.27. The fourth-order valence-corrected chi connectivity index (χ4v) is 3.88. The van der Waals surface area contributed by atoms with Crippen molar-refractivity contribution in [1.82, 2.24) is 4.90 Å². The van der Waals surface area contributed by atoms with Crippen molar-refractivity contribution in [2.45, 2.75) is 45.2 Å². The van der Waals surface area contributed by atoms with Crippen molar-refractivity contribution < 1.29 is 0 Å². The zero-order valence-corrected chi connectivity index (χ0v) is 12.5. The molecule has 0 bridgehead atoms. The van der Waals surface area contributed by atoms with Gasteiger partial charge in [0, 0.05) is 24.0 Å².